The molecule has 0 fully saturated rings. The molecule has 0 saturated heterocycles. The standard InChI is InChI=1S/C59H74O8/c1-12-19-22-29-65-57-38-55(63-10)47-34-49(57)42(27-17-6)48-35-51(59(39-56(48)64-11)67-31-24-21-14-3)43(28-18-7)50-33-46(54(62-9)37-58(50)66-30-23-20-13-2)40(25-15-4)44-32-45(41(47)26-16-5)53(61-8)36-52(44)60/h1-3,32-43,60H,15-31H2,4-11H3/t40-,41-,42+,43-/m1/s1. The maximum absolute atomic E-state index is 12.2. The van der Waals surface area contributed by atoms with Crippen molar-refractivity contribution in [3.8, 4) is 83.0 Å². The van der Waals surface area contributed by atoms with Crippen molar-refractivity contribution in [1.29, 1.82) is 0 Å². The summed E-state index contributed by atoms with van der Waals surface area (Å²) < 4.78 is 45.5. The summed E-state index contributed by atoms with van der Waals surface area (Å²) in [6.45, 7) is 10.1. The van der Waals surface area contributed by atoms with Gasteiger partial charge in [-0.15, -0.1) is 37.0 Å². The van der Waals surface area contributed by atoms with Gasteiger partial charge in [-0.1, -0.05) is 53.4 Å². The van der Waals surface area contributed by atoms with Crippen LogP contribution in [0.15, 0.2) is 48.5 Å². The molecule has 1 N–H and O–H groups in total. The van der Waals surface area contributed by atoms with E-state index in [9.17, 15) is 5.11 Å². The minimum Gasteiger partial charge on any atom is -0.508 e. The Bertz CT molecular complexity index is 2360. The van der Waals surface area contributed by atoms with Crippen LogP contribution in [-0.4, -0.2) is 53.4 Å². The maximum Gasteiger partial charge on any atom is 0.126 e. The lowest BCUT2D eigenvalue weighted by molar-refractivity contribution is 0.299. The molecule has 8 heteroatoms. The smallest absolute Gasteiger partial charge is 0.126 e. The molecule has 358 valence electrons. The quantitative estimate of drug-likeness (QED) is 0.0550. The fraction of sp³-hybridized carbons (Fsp3) is 0.492. The van der Waals surface area contributed by atoms with E-state index in [-0.39, 0.29) is 29.4 Å². The lowest BCUT2D eigenvalue weighted by Gasteiger charge is -2.31. The highest BCUT2D eigenvalue weighted by molar-refractivity contribution is 5.63. The van der Waals surface area contributed by atoms with Crippen LogP contribution in [0.2, 0.25) is 0 Å². The third-order valence-corrected chi connectivity index (χ3v) is 12.9. The largest absolute Gasteiger partial charge is 0.508 e. The SMILES string of the molecule is C#CCCCOc1cc(OC)c2cc1[C@H](CCC)c1cc(c(OC)cc1OCCCC#C)[C@H](CCC)c1cc(c(OC)cc1O)[C@@H](CCC)c1cc(c(OCCCC#C)cc1OC)[C@H]2CCC. The first-order valence-corrected chi connectivity index (χ1v) is 24.5. The van der Waals surface area contributed by atoms with E-state index in [1.807, 2.05) is 6.07 Å². The fourth-order valence-corrected chi connectivity index (χ4v) is 9.80. The Kier molecular flexibility index (Phi) is 20.4. The van der Waals surface area contributed by atoms with Crippen LogP contribution in [0.5, 0.6) is 46.0 Å². The van der Waals surface area contributed by atoms with Crippen LogP contribution in [0.1, 0.15) is 186 Å². The second-order valence-electron chi connectivity index (χ2n) is 17.4. The van der Waals surface area contributed by atoms with Crippen molar-refractivity contribution >= 4 is 0 Å². The second kappa shape index (κ2) is 26.3. The van der Waals surface area contributed by atoms with E-state index >= 15 is 0 Å². The third kappa shape index (κ3) is 12.3. The number of ether oxygens (including phenoxy) is 7. The average Bonchev–Trinajstić information content (AvgIpc) is 3.34. The van der Waals surface area contributed by atoms with E-state index in [4.69, 9.17) is 52.4 Å². The summed E-state index contributed by atoms with van der Waals surface area (Å²) in [6, 6.07) is 17.0. The molecule has 8 bridgehead atoms. The Morgan fingerprint density at radius 2 is 0.642 bits per heavy atom. The molecule has 0 aliphatic heterocycles. The number of benzene rings is 4. The third-order valence-electron chi connectivity index (χ3n) is 12.9. The molecular weight excluding hydrogens is 837 g/mol. The number of unbranched alkanes of at least 4 members (excludes halogenated alkanes) is 3. The van der Waals surface area contributed by atoms with Gasteiger partial charge >= 0.3 is 0 Å². The molecule has 0 heterocycles. The number of rotatable bonds is 24. The average molecular weight is 911 g/mol. The highest BCUT2D eigenvalue weighted by Crippen LogP contribution is 2.53. The van der Waals surface area contributed by atoms with Crippen molar-refractivity contribution in [2.24, 2.45) is 0 Å². The molecule has 0 saturated carbocycles. The molecule has 8 nitrogen and oxygen atoms in total. The summed E-state index contributed by atoms with van der Waals surface area (Å²) in [4.78, 5) is 0. The van der Waals surface area contributed by atoms with Gasteiger partial charge in [0.15, 0.2) is 0 Å². The van der Waals surface area contributed by atoms with Gasteiger partial charge < -0.3 is 38.3 Å². The van der Waals surface area contributed by atoms with Gasteiger partial charge in [-0.05, 0) is 69.2 Å². The summed E-state index contributed by atoms with van der Waals surface area (Å²) in [5, 5.41) is 12.2. The van der Waals surface area contributed by atoms with Crippen molar-refractivity contribution in [2.75, 3.05) is 48.3 Å². The molecule has 67 heavy (non-hydrogen) atoms. The molecule has 4 atom stereocenters. The molecule has 0 amide bonds. The first-order valence-electron chi connectivity index (χ1n) is 24.5. The highest BCUT2D eigenvalue weighted by Gasteiger charge is 2.34. The zero-order valence-electron chi connectivity index (χ0n) is 41.5. The lowest BCUT2D eigenvalue weighted by Crippen LogP contribution is -2.15. The molecule has 1 aliphatic carbocycles. The maximum atomic E-state index is 12.2. The van der Waals surface area contributed by atoms with Crippen LogP contribution in [0.25, 0.3) is 0 Å². The summed E-state index contributed by atoms with van der Waals surface area (Å²) in [5.41, 5.74) is 7.81. The van der Waals surface area contributed by atoms with Gasteiger partial charge in [0.25, 0.3) is 0 Å². The minimum absolute atomic E-state index is 0.160. The lowest BCUT2D eigenvalue weighted by atomic mass is 9.76. The molecule has 0 unspecified atom stereocenters. The first-order chi connectivity index (χ1) is 32.7. The van der Waals surface area contributed by atoms with Gasteiger partial charge in [0.2, 0.25) is 0 Å². The number of phenols is 1. The number of terminal acetylenes is 3. The second-order valence-corrected chi connectivity index (χ2v) is 17.4. The topological polar surface area (TPSA) is 84.8 Å². The summed E-state index contributed by atoms with van der Waals surface area (Å²) in [5.74, 6) is 12.6. The van der Waals surface area contributed by atoms with Gasteiger partial charge in [-0.25, -0.2) is 0 Å². The van der Waals surface area contributed by atoms with Crippen LogP contribution in [-0.2, 0) is 0 Å². The van der Waals surface area contributed by atoms with Gasteiger partial charge in [-0.2, -0.15) is 0 Å². The normalized spacial score (nSPS) is 16.2. The monoisotopic (exact) mass is 911 g/mol. The van der Waals surface area contributed by atoms with Crippen molar-refractivity contribution < 1.29 is 38.3 Å². The molecule has 4 aromatic carbocycles. The highest BCUT2D eigenvalue weighted by atomic mass is 16.5. The Morgan fingerprint density at radius 1 is 0.388 bits per heavy atom. The van der Waals surface area contributed by atoms with Gasteiger partial charge in [0, 0.05) is 112 Å². The summed E-state index contributed by atoms with van der Waals surface area (Å²) in [6.07, 6.45) is 27.6. The first kappa shape index (κ1) is 51.9. The van der Waals surface area contributed by atoms with Crippen LogP contribution in [0.3, 0.4) is 0 Å². The van der Waals surface area contributed by atoms with Crippen molar-refractivity contribution in [3.63, 3.8) is 0 Å². The zero-order valence-corrected chi connectivity index (χ0v) is 41.5. The predicted molar refractivity (Wildman–Crippen MR) is 271 cm³/mol. The Balaban J connectivity index is 2.04. The van der Waals surface area contributed by atoms with Crippen LogP contribution < -0.4 is 33.2 Å². The minimum atomic E-state index is -0.257. The number of hydrogen-bond donors (Lipinski definition) is 1. The van der Waals surface area contributed by atoms with Gasteiger partial charge in [0.05, 0.1) is 48.3 Å². The van der Waals surface area contributed by atoms with E-state index in [0.717, 1.165) is 119 Å². The molecule has 0 radical (unpaired) electrons. The van der Waals surface area contributed by atoms with Crippen LogP contribution >= 0.6 is 0 Å². The Labute approximate surface area is 402 Å². The Morgan fingerprint density at radius 3 is 0.910 bits per heavy atom. The summed E-state index contributed by atoms with van der Waals surface area (Å²) in [7, 11) is 6.82. The Hall–Kier alpha value is -6.04. The van der Waals surface area contributed by atoms with Crippen molar-refractivity contribution in [1.82, 2.24) is 0 Å². The predicted octanol–water partition coefficient (Wildman–Crippen LogP) is 13.8. The molecule has 0 aromatic heterocycles. The van der Waals surface area contributed by atoms with Crippen molar-refractivity contribution in [2.45, 2.75) is 141 Å². The van der Waals surface area contributed by atoms with E-state index in [1.165, 1.54) is 0 Å². The number of hydrogen-bond acceptors (Lipinski definition) is 8. The number of fused-ring (bicyclic) bond motifs is 8. The van der Waals surface area contributed by atoms with Gasteiger partial charge in [0.1, 0.15) is 46.0 Å². The zero-order chi connectivity index (χ0) is 48.3. The summed E-state index contributed by atoms with van der Waals surface area (Å²) >= 11 is 0. The number of aromatic hydroxyl groups is 1. The molecular formula is C59H74O8. The van der Waals surface area contributed by atoms with Crippen molar-refractivity contribution in [3.05, 3.63) is 93.0 Å². The fourth-order valence-electron chi connectivity index (χ4n) is 9.80. The van der Waals surface area contributed by atoms with Crippen LogP contribution in [0.4, 0.5) is 0 Å². The number of phenolic OH excluding ortho intramolecular Hbond substituents is 1. The van der Waals surface area contributed by atoms with E-state index in [0.29, 0.717) is 75.6 Å². The van der Waals surface area contributed by atoms with E-state index < -0.39 is 0 Å². The molecule has 1 aliphatic rings. The van der Waals surface area contributed by atoms with Gasteiger partial charge in [-0.3, -0.25) is 0 Å². The van der Waals surface area contributed by atoms with E-state index in [1.54, 1.807) is 34.5 Å². The molecule has 0 spiro atoms. The number of methoxy groups -OCH3 is 4. The van der Waals surface area contributed by atoms with E-state index in [2.05, 4.69) is 81.9 Å². The molecule has 4 aromatic rings. The van der Waals surface area contributed by atoms with Crippen LogP contribution in [0, 0.1) is 37.0 Å². The molecule has 5 rings (SSSR count).